The number of hydrogen-bond donors (Lipinski definition) is 1. The molecule has 0 aliphatic heterocycles. The van der Waals surface area contributed by atoms with Crippen LogP contribution in [-0.2, 0) is 16.1 Å². The van der Waals surface area contributed by atoms with Gasteiger partial charge in [0.15, 0.2) is 0 Å². The van der Waals surface area contributed by atoms with Crippen molar-refractivity contribution in [1.29, 1.82) is 0 Å². The Bertz CT molecular complexity index is 491. The third kappa shape index (κ3) is 6.45. The van der Waals surface area contributed by atoms with Crippen molar-refractivity contribution in [3.63, 3.8) is 0 Å². The molecule has 0 saturated heterocycles. The lowest BCUT2D eigenvalue weighted by Crippen LogP contribution is -2.43. The Balaban J connectivity index is 2.50. The Morgan fingerprint density at radius 1 is 1.14 bits per heavy atom. The van der Waals surface area contributed by atoms with Gasteiger partial charge in [0.05, 0.1) is 13.1 Å². The third-order valence-corrected chi connectivity index (χ3v) is 3.56. The zero-order valence-corrected chi connectivity index (χ0v) is 14.2. The molecule has 0 aromatic heterocycles. The highest BCUT2D eigenvalue weighted by Crippen LogP contribution is 2.11. The summed E-state index contributed by atoms with van der Waals surface area (Å²) in [5, 5.41) is 3.42. The van der Waals surface area contributed by atoms with Gasteiger partial charge in [0.25, 0.3) is 0 Å². The number of benzene rings is 1. The van der Waals surface area contributed by atoms with Crippen molar-refractivity contribution in [3.8, 4) is 0 Å². The summed E-state index contributed by atoms with van der Waals surface area (Å²) in [6, 6.07) is 7.42. The Morgan fingerprint density at radius 3 is 2.32 bits per heavy atom. The summed E-state index contributed by atoms with van der Waals surface area (Å²) in [7, 11) is 1.76. The van der Waals surface area contributed by atoms with Crippen LogP contribution in [0.5, 0.6) is 0 Å². The van der Waals surface area contributed by atoms with E-state index in [9.17, 15) is 9.59 Å². The molecule has 0 unspecified atom stereocenters. The van der Waals surface area contributed by atoms with Gasteiger partial charge in [-0.3, -0.25) is 14.5 Å². The van der Waals surface area contributed by atoms with E-state index in [4.69, 9.17) is 11.6 Å². The molecule has 1 aromatic carbocycles. The van der Waals surface area contributed by atoms with Crippen LogP contribution < -0.4 is 5.32 Å². The minimum absolute atomic E-state index is 0.0129. The zero-order valence-electron chi connectivity index (χ0n) is 13.4. The predicted molar refractivity (Wildman–Crippen MR) is 88.7 cm³/mol. The van der Waals surface area contributed by atoms with Crippen LogP contribution in [-0.4, -0.2) is 54.8 Å². The molecule has 0 atom stereocenters. The molecule has 1 rings (SSSR count). The van der Waals surface area contributed by atoms with E-state index in [1.807, 2.05) is 43.0 Å². The summed E-state index contributed by atoms with van der Waals surface area (Å²) in [6.07, 6.45) is 0. The lowest BCUT2D eigenvalue weighted by Gasteiger charge is -2.23. The molecular weight excluding hydrogens is 302 g/mol. The highest BCUT2D eigenvalue weighted by molar-refractivity contribution is 6.30. The number of nitrogens with one attached hydrogen (secondary N) is 1. The first-order chi connectivity index (χ1) is 10.5. The van der Waals surface area contributed by atoms with Crippen molar-refractivity contribution in [2.45, 2.75) is 20.4 Å². The van der Waals surface area contributed by atoms with E-state index in [0.29, 0.717) is 24.7 Å². The second-order valence-corrected chi connectivity index (χ2v) is 5.57. The van der Waals surface area contributed by atoms with Crippen molar-refractivity contribution < 1.29 is 9.59 Å². The van der Waals surface area contributed by atoms with Crippen LogP contribution in [0.1, 0.15) is 19.4 Å². The maximum Gasteiger partial charge on any atom is 0.236 e. The lowest BCUT2D eigenvalue weighted by atomic mass is 10.2. The van der Waals surface area contributed by atoms with Crippen molar-refractivity contribution in [2.75, 3.05) is 33.2 Å². The van der Waals surface area contributed by atoms with Gasteiger partial charge in [-0.05, 0) is 31.2 Å². The summed E-state index contributed by atoms with van der Waals surface area (Å²) < 4.78 is 0. The van der Waals surface area contributed by atoms with Crippen LogP contribution in [0.15, 0.2) is 24.3 Å². The van der Waals surface area contributed by atoms with Gasteiger partial charge < -0.3 is 10.2 Å². The van der Waals surface area contributed by atoms with E-state index in [2.05, 4.69) is 5.32 Å². The predicted octanol–water partition coefficient (Wildman–Crippen LogP) is 1.76. The van der Waals surface area contributed by atoms with Gasteiger partial charge in [0.1, 0.15) is 0 Å². The van der Waals surface area contributed by atoms with Gasteiger partial charge in [-0.25, -0.2) is 0 Å². The van der Waals surface area contributed by atoms with Gasteiger partial charge in [-0.2, -0.15) is 0 Å². The number of halogens is 1. The lowest BCUT2D eigenvalue weighted by molar-refractivity contribution is -0.132. The molecule has 2 amide bonds. The fraction of sp³-hybridized carbons (Fsp3) is 0.500. The van der Waals surface area contributed by atoms with Gasteiger partial charge >= 0.3 is 0 Å². The molecule has 1 aromatic rings. The average Bonchev–Trinajstić information content (AvgIpc) is 2.48. The Morgan fingerprint density at radius 2 is 1.77 bits per heavy atom. The average molecular weight is 326 g/mol. The molecule has 0 fully saturated rings. The number of carbonyl (C=O) groups is 2. The van der Waals surface area contributed by atoms with E-state index in [0.717, 1.165) is 5.56 Å². The standard InChI is InChI=1S/C16H24ClN3O2/c1-4-18-15(21)11-20(5-2)12-16(22)19(3)10-13-6-8-14(17)9-7-13/h6-9H,4-5,10-12H2,1-3H3,(H,18,21). The minimum Gasteiger partial charge on any atom is -0.355 e. The maximum absolute atomic E-state index is 12.2. The monoisotopic (exact) mass is 325 g/mol. The first-order valence-corrected chi connectivity index (χ1v) is 7.81. The van der Waals surface area contributed by atoms with Crippen LogP contribution in [0.3, 0.4) is 0 Å². The highest BCUT2D eigenvalue weighted by atomic mass is 35.5. The summed E-state index contributed by atoms with van der Waals surface area (Å²) in [5.41, 5.74) is 1.02. The molecule has 1 N–H and O–H groups in total. The van der Waals surface area contributed by atoms with Crippen molar-refractivity contribution in [2.24, 2.45) is 0 Å². The molecule has 5 nitrogen and oxygen atoms in total. The Kier molecular flexibility index (Phi) is 7.91. The fourth-order valence-electron chi connectivity index (χ4n) is 2.00. The first-order valence-electron chi connectivity index (χ1n) is 7.43. The minimum atomic E-state index is -0.0579. The molecule has 0 aliphatic rings. The fourth-order valence-corrected chi connectivity index (χ4v) is 2.13. The van der Waals surface area contributed by atoms with Crippen molar-refractivity contribution in [3.05, 3.63) is 34.9 Å². The van der Waals surface area contributed by atoms with Crippen LogP contribution in [0.2, 0.25) is 5.02 Å². The molecule has 22 heavy (non-hydrogen) atoms. The number of carbonyl (C=O) groups excluding carboxylic acids is 2. The third-order valence-electron chi connectivity index (χ3n) is 3.31. The molecule has 6 heteroatoms. The van der Waals surface area contributed by atoms with E-state index in [-0.39, 0.29) is 24.9 Å². The molecule has 122 valence electrons. The molecule has 0 radical (unpaired) electrons. The van der Waals surface area contributed by atoms with Gasteiger partial charge in [-0.1, -0.05) is 30.7 Å². The zero-order chi connectivity index (χ0) is 16.5. The molecule has 0 spiro atoms. The van der Waals surface area contributed by atoms with Gasteiger partial charge in [-0.15, -0.1) is 0 Å². The van der Waals surface area contributed by atoms with Crippen LogP contribution in [0, 0.1) is 0 Å². The summed E-state index contributed by atoms with van der Waals surface area (Å²) in [5.74, 6) is -0.0707. The largest absolute Gasteiger partial charge is 0.355 e. The maximum atomic E-state index is 12.2. The first kappa shape index (κ1) is 18.5. The quantitative estimate of drug-likeness (QED) is 0.792. The molecule has 0 saturated carbocycles. The van der Waals surface area contributed by atoms with Gasteiger partial charge in [0, 0.05) is 25.2 Å². The summed E-state index contributed by atoms with van der Waals surface area (Å²) in [6.45, 7) is 6.06. The summed E-state index contributed by atoms with van der Waals surface area (Å²) in [4.78, 5) is 27.3. The Hall–Kier alpha value is -1.59. The van der Waals surface area contributed by atoms with Crippen molar-refractivity contribution in [1.82, 2.24) is 15.1 Å². The Labute approximate surface area is 137 Å². The second-order valence-electron chi connectivity index (χ2n) is 5.13. The molecule has 0 aliphatic carbocycles. The molecular formula is C16H24ClN3O2. The molecule has 0 bridgehead atoms. The number of likely N-dealkylation sites (N-methyl/N-ethyl adjacent to an activating group) is 3. The number of amides is 2. The normalized spacial score (nSPS) is 10.6. The smallest absolute Gasteiger partial charge is 0.236 e. The number of rotatable bonds is 8. The van der Waals surface area contributed by atoms with Crippen LogP contribution >= 0.6 is 11.6 Å². The summed E-state index contributed by atoms with van der Waals surface area (Å²) >= 11 is 5.85. The highest BCUT2D eigenvalue weighted by Gasteiger charge is 2.15. The van der Waals surface area contributed by atoms with Crippen molar-refractivity contribution >= 4 is 23.4 Å². The number of nitrogens with zero attached hydrogens (tertiary/aromatic N) is 2. The van der Waals surface area contributed by atoms with E-state index >= 15 is 0 Å². The van der Waals surface area contributed by atoms with Crippen LogP contribution in [0.25, 0.3) is 0 Å². The van der Waals surface area contributed by atoms with E-state index in [1.165, 1.54) is 0 Å². The van der Waals surface area contributed by atoms with E-state index < -0.39 is 0 Å². The van der Waals surface area contributed by atoms with Gasteiger partial charge in [0.2, 0.25) is 11.8 Å². The molecule has 0 heterocycles. The second kappa shape index (κ2) is 9.43. The van der Waals surface area contributed by atoms with Crippen LogP contribution in [0.4, 0.5) is 0 Å². The SMILES string of the molecule is CCNC(=O)CN(CC)CC(=O)N(C)Cc1ccc(Cl)cc1. The topological polar surface area (TPSA) is 52.7 Å². The number of hydrogen-bond acceptors (Lipinski definition) is 3. The van der Waals surface area contributed by atoms with E-state index in [1.54, 1.807) is 11.9 Å².